The molecule has 0 spiro atoms. The van der Waals surface area contributed by atoms with Gasteiger partial charge >= 0.3 is 0 Å². The average molecular weight is 351 g/mol. The highest BCUT2D eigenvalue weighted by atomic mass is 35.5. The second kappa shape index (κ2) is 9.33. The van der Waals surface area contributed by atoms with E-state index in [-0.39, 0.29) is 18.3 Å². The molecule has 1 aromatic rings. The van der Waals surface area contributed by atoms with Crippen LogP contribution < -0.4 is 5.32 Å². The Morgan fingerprint density at radius 3 is 2.41 bits per heavy atom. The van der Waals surface area contributed by atoms with E-state index in [2.05, 4.69) is 5.32 Å². The van der Waals surface area contributed by atoms with Gasteiger partial charge in [-0.25, -0.2) is 0 Å². The summed E-state index contributed by atoms with van der Waals surface area (Å²) in [5, 5.41) is 3.17. The molecule has 1 aliphatic rings. The number of amides is 1. The van der Waals surface area contributed by atoms with E-state index in [0.717, 1.165) is 32.5 Å². The number of nitrogens with one attached hydrogen (secondary N) is 1. The van der Waals surface area contributed by atoms with E-state index in [1.807, 2.05) is 11.9 Å². The van der Waals surface area contributed by atoms with Gasteiger partial charge in [0.15, 0.2) is 0 Å². The molecule has 1 N–H and O–H groups in total. The summed E-state index contributed by atoms with van der Waals surface area (Å²) >= 11 is 0.495. The molecular formula is C15H21ClF2N2OS. The minimum absolute atomic E-state index is 0. The van der Waals surface area contributed by atoms with Gasteiger partial charge < -0.3 is 10.2 Å². The van der Waals surface area contributed by atoms with Crippen LogP contribution in [0.4, 0.5) is 8.78 Å². The van der Waals surface area contributed by atoms with E-state index in [0.29, 0.717) is 28.1 Å². The molecular weight excluding hydrogens is 330 g/mol. The number of hydrogen-bond donors (Lipinski definition) is 1. The maximum atomic E-state index is 12.4. The van der Waals surface area contributed by atoms with Gasteiger partial charge in [0.2, 0.25) is 0 Å². The quantitative estimate of drug-likeness (QED) is 0.825. The summed E-state index contributed by atoms with van der Waals surface area (Å²) in [4.78, 5) is 14.7. The monoisotopic (exact) mass is 350 g/mol. The van der Waals surface area contributed by atoms with Gasteiger partial charge in [0.1, 0.15) is 0 Å². The molecule has 1 aromatic carbocycles. The molecule has 0 aromatic heterocycles. The van der Waals surface area contributed by atoms with Crippen LogP contribution in [0.2, 0.25) is 0 Å². The highest BCUT2D eigenvalue weighted by Crippen LogP contribution is 2.26. The first kappa shape index (κ1) is 19.2. The van der Waals surface area contributed by atoms with Crippen molar-refractivity contribution in [2.45, 2.75) is 23.5 Å². The lowest BCUT2D eigenvalue weighted by molar-refractivity contribution is 0.0691. The first-order valence-electron chi connectivity index (χ1n) is 7.09. The van der Waals surface area contributed by atoms with Crippen LogP contribution in [-0.2, 0) is 0 Å². The van der Waals surface area contributed by atoms with E-state index in [1.54, 1.807) is 24.3 Å². The van der Waals surface area contributed by atoms with Crippen molar-refractivity contribution in [2.75, 3.05) is 26.7 Å². The summed E-state index contributed by atoms with van der Waals surface area (Å²) in [7, 11) is 1.94. The van der Waals surface area contributed by atoms with Crippen LogP contribution in [0.5, 0.6) is 0 Å². The number of piperidine rings is 1. The standard InChI is InChI=1S/C15H20F2N2OS.ClH/c1-18-10-11-6-8-19(9-7-11)14(20)12-2-4-13(5-3-12)21-15(16)17;/h2-5,11,15,18H,6-10H2,1H3;1H. The van der Waals surface area contributed by atoms with Gasteiger partial charge in [0, 0.05) is 23.5 Å². The van der Waals surface area contributed by atoms with Crippen molar-refractivity contribution in [3.8, 4) is 0 Å². The van der Waals surface area contributed by atoms with Crippen LogP contribution in [0.3, 0.4) is 0 Å². The van der Waals surface area contributed by atoms with Crippen molar-refractivity contribution in [1.82, 2.24) is 10.2 Å². The molecule has 7 heteroatoms. The molecule has 0 unspecified atom stereocenters. The van der Waals surface area contributed by atoms with Crippen LogP contribution in [0.1, 0.15) is 23.2 Å². The third-order valence-electron chi connectivity index (χ3n) is 3.72. The third-order valence-corrected chi connectivity index (χ3v) is 4.44. The summed E-state index contributed by atoms with van der Waals surface area (Å²) in [6, 6.07) is 6.43. The molecule has 1 heterocycles. The molecule has 1 amide bonds. The Bertz CT molecular complexity index is 465. The van der Waals surface area contributed by atoms with Gasteiger partial charge in [-0.05, 0) is 56.6 Å². The summed E-state index contributed by atoms with van der Waals surface area (Å²) in [6.07, 6.45) is 2.01. The fourth-order valence-electron chi connectivity index (χ4n) is 2.59. The zero-order valence-corrected chi connectivity index (χ0v) is 14.1. The van der Waals surface area contributed by atoms with Crippen LogP contribution in [0, 0.1) is 5.92 Å². The maximum Gasteiger partial charge on any atom is 0.288 e. The molecule has 0 saturated carbocycles. The minimum atomic E-state index is -2.43. The van der Waals surface area contributed by atoms with Gasteiger partial charge in [-0.15, -0.1) is 12.4 Å². The molecule has 0 atom stereocenters. The number of halogens is 3. The van der Waals surface area contributed by atoms with Crippen LogP contribution in [0.15, 0.2) is 29.2 Å². The van der Waals surface area contributed by atoms with Gasteiger partial charge in [0.25, 0.3) is 11.7 Å². The van der Waals surface area contributed by atoms with Crippen LogP contribution in [0.25, 0.3) is 0 Å². The van der Waals surface area contributed by atoms with Crippen LogP contribution >= 0.6 is 24.2 Å². The zero-order chi connectivity index (χ0) is 15.2. The summed E-state index contributed by atoms with van der Waals surface area (Å²) in [6.45, 7) is 2.51. The SMILES string of the molecule is CNCC1CCN(C(=O)c2ccc(SC(F)F)cc2)CC1.Cl. The molecule has 0 bridgehead atoms. The molecule has 3 nitrogen and oxygen atoms in total. The number of thioether (sulfide) groups is 1. The Morgan fingerprint density at radius 1 is 1.32 bits per heavy atom. The highest BCUT2D eigenvalue weighted by Gasteiger charge is 2.23. The van der Waals surface area contributed by atoms with Crippen LogP contribution in [-0.4, -0.2) is 43.2 Å². The minimum Gasteiger partial charge on any atom is -0.339 e. The second-order valence-corrected chi connectivity index (χ2v) is 6.26. The zero-order valence-electron chi connectivity index (χ0n) is 12.4. The highest BCUT2D eigenvalue weighted by molar-refractivity contribution is 7.99. The lowest BCUT2D eigenvalue weighted by atomic mass is 9.96. The fourth-order valence-corrected chi connectivity index (χ4v) is 3.09. The lowest BCUT2D eigenvalue weighted by Gasteiger charge is -2.32. The van der Waals surface area contributed by atoms with Crippen molar-refractivity contribution in [1.29, 1.82) is 0 Å². The normalized spacial score (nSPS) is 15.7. The van der Waals surface area contributed by atoms with E-state index in [1.165, 1.54) is 0 Å². The number of hydrogen-bond acceptors (Lipinski definition) is 3. The second-order valence-electron chi connectivity index (χ2n) is 5.20. The number of benzene rings is 1. The average Bonchev–Trinajstić information content (AvgIpc) is 2.48. The van der Waals surface area contributed by atoms with Crippen molar-refractivity contribution in [3.05, 3.63) is 29.8 Å². The summed E-state index contributed by atoms with van der Waals surface area (Å²) in [5.74, 6) is -1.81. The lowest BCUT2D eigenvalue weighted by Crippen LogP contribution is -2.40. The molecule has 124 valence electrons. The largest absolute Gasteiger partial charge is 0.339 e. The molecule has 2 rings (SSSR count). The molecule has 1 saturated heterocycles. The third kappa shape index (κ3) is 5.41. The summed E-state index contributed by atoms with van der Waals surface area (Å²) < 4.78 is 24.5. The Morgan fingerprint density at radius 2 is 1.91 bits per heavy atom. The number of rotatable bonds is 5. The smallest absolute Gasteiger partial charge is 0.288 e. The van der Waals surface area contributed by atoms with Gasteiger partial charge in [0.05, 0.1) is 0 Å². The first-order chi connectivity index (χ1) is 10.1. The van der Waals surface area contributed by atoms with Gasteiger partial charge in [-0.1, -0.05) is 11.8 Å². The number of alkyl halides is 2. The number of nitrogens with zero attached hydrogens (tertiary/aromatic N) is 1. The molecule has 1 fully saturated rings. The van der Waals surface area contributed by atoms with E-state index in [9.17, 15) is 13.6 Å². The number of carbonyl (C=O) groups excluding carboxylic acids is 1. The maximum absolute atomic E-state index is 12.4. The van der Waals surface area contributed by atoms with E-state index in [4.69, 9.17) is 0 Å². The molecule has 0 aliphatic carbocycles. The number of likely N-dealkylation sites (tertiary alicyclic amines) is 1. The van der Waals surface area contributed by atoms with Crippen molar-refractivity contribution >= 4 is 30.1 Å². The summed E-state index contributed by atoms with van der Waals surface area (Å²) in [5.41, 5.74) is 0.570. The molecule has 22 heavy (non-hydrogen) atoms. The number of carbonyl (C=O) groups is 1. The van der Waals surface area contributed by atoms with E-state index >= 15 is 0 Å². The molecule has 1 aliphatic heterocycles. The Hall–Kier alpha value is -0.850. The van der Waals surface area contributed by atoms with Gasteiger partial charge in [-0.3, -0.25) is 4.79 Å². The first-order valence-corrected chi connectivity index (χ1v) is 7.97. The fraction of sp³-hybridized carbons (Fsp3) is 0.533. The topological polar surface area (TPSA) is 32.3 Å². The van der Waals surface area contributed by atoms with Crippen molar-refractivity contribution in [2.24, 2.45) is 5.92 Å². The Kier molecular flexibility index (Phi) is 8.14. The Balaban J connectivity index is 0.00000242. The van der Waals surface area contributed by atoms with Crippen molar-refractivity contribution in [3.63, 3.8) is 0 Å². The van der Waals surface area contributed by atoms with E-state index < -0.39 is 5.76 Å². The van der Waals surface area contributed by atoms with Crippen molar-refractivity contribution < 1.29 is 13.6 Å². The Labute approximate surface area is 140 Å². The molecule has 0 radical (unpaired) electrons. The predicted molar refractivity (Wildman–Crippen MR) is 88.1 cm³/mol. The van der Waals surface area contributed by atoms with Gasteiger partial charge in [-0.2, -0.15) is 8.78 Å². The predicted octanol–water partition coefficient (Wildman–Crippen LogP) is 3.49.